The Labute approximate surface area is 109 Å². The Morgan fingerprint density at radius 1 is 1.44 bits per heavy atom. The summed E-state index contributed by atoms with van der Waals surface area (Å²) in [4.78, 5) is 4.07. The molecule has 0 saturated carbocycles. The van der Waals surface area contributed by atoms with Crippen molar-refractivity contribution in [3.63, 3.8) is 0 Å². The van der Waals surface area contributed by atoms with Crippen molar-refractivity contribution in [2.24, 2.45) is 0 Å². The third-order valence-corrected chi connectivity index (χ3v) is 2.55. The molecule has 102 valence electrons. The van der Waals surface area contributed by atoms with Gasteiger partial charge in [0.2, 0.25) is 0 Å². The fourth-order valence-corrected chi connectivity index (χ4v) is 1.47. The fraction of sp³-hybridized carbons (Fsp3) is 0.643. The van der Waals surface area contributed by atoms with Gasteiger partial charge in [-0.25, -0.2) is 0 Å². The number of rotatable bonds is 6. The number of ether oxygens (including phenoxy) is 1. The number of hydrogen-bond donors (Lipinski definition) is 2. The molecule has 1 aromatic heterocycles. The minimum absolute atomic E-state index is 0.169. The van der Waals surface area contributed by atoms with Crippen LogP contribution in [0, 0.1) is 0 Å². The van der Waals surface area contributed by atoms with Crippen molar-refractivity contribution in [3.05, 3.63) is 30.1 Å². The number of hydrogen-bond acceptors (Lipinski definition) is 4. The van der Waals surface area contributed by atoms with Crippen LogP contribution in [0.15, 0.2) is 24.5 Å². The van der Waals surface area contributed by atoms with Gasteiger partial charge in [0.1, 0.15) is 0 Å². The number of pyridine rings is 1. The molecule has 0 amide bonds. The number of nitrogens with zero attached hydrogens (tertiary/aromatic N) is 1. The van der Waals surface area contributed by atoms with Crippen molar-refractivity contribution in [2.45, 2.75) is 45.4 Å². The van der Waals surface area contributed by atoms with Crippen LogP contribution in [0.2, 0.25) is 0 Å². The molecule has 2 N–H and O–H groups in total. The molecule has 18 heavy (non-hydrogen) atoms. The average molecular weight is 252 g/mol. The molecule has 2 unspecified atom stereocenters. The Hall–Kier alpha value is -0.970. The second-order valence-electron chi connectivity index (χ2n) is 5.49. The van der Waals surface area contributed by atoms with Gasteiger partial charge in [0.25, 0.3) is 0 Å². The number of aliphatic hydroxyl groups excluding tert-OH is 1. The molecule has 4 nitrogen and oxygen atoms in total. The van der Waals surface area contributed by atoms with Gasteiger partial charge >= 0.3 is 0 Å². The first kappa shape index (κ1) is 15.1. The maximum Gasteiger partial charge on any atom is 0.0898 e. The highest BCUT2D eigenvalue weighted by atomic mass is 16.5. The fourth-order valence-electron chi connectivity index (χ4n) is 1.47. The monoisotopic (exact) mass is 252 g/mol. The lowest BCUT2D eigenvalue weighted by atomic mass is 10.1. The topological polar surface area (TPSA) is 54.4 Å². The molecule has 1 heterocycles. The molecule has 0 radical (unpaired) electrons. The highest BCUT2D eigenvalue weighted by Crippen LogP contribution is 2.10. The Kier molecular flexibility index (Phi) is 5.72. The molecule has 2 atom stereocenters. The normalized spacial score (nSPS) is 15.4. The quantitative estimate of drug-likeness (QED) is 0.812. The van der Waals surface area contributed by atoms with E-state index >= 15 is 0 Å². The number of aliphatic hydroxyl groups is 1. The largest absolute Gasteiger partial charge is 0.389 e. The molecule has 0 aromatic carbocycles. The average Bonchev–Trinajstić information content (AvgIpc) is 2.33. The first-order chi connectivity index (χ1) is 8.38. The summed E-state index contributed by atoms with van der Waals surface area (Å²) < 4.78 is 5.53. The van der Waals surface area contributed by atoms with E-state index in [1.165, 1.54) is 0 Å². The molecule has 0 aliphatic heterocycles. The smallest absolute Gasteiger partial charge is 0.0898 e. The van der Waals surface area contributed by atoms with Crippen molar-refractivity contribution >= 4 is 0 Å². The van der Waals surface area contributed by atoms with Gasteiger partial charge in [-0.3, -0.25) is 4.98 Å². The minimum atomic E-state index is -0.497. The Balaban J connectivity index is 2.28. The van der Waals surface area contributed by atoms with Crippen LogP contribution >= 0.6 is 0 Å². The summed E-state index contributed by atoms with van der Waals surface area (Å²) in [5.74, 6) is 0. The first-order valence-electron chi connectivity index (χ1n) is 6.34. The van der Waals surface area contributed by atoms with Gasteiger partial charge in [0, 0.05) is 25.0 Å². The third kappa shape index (κ3) is 6.10. The van der Waals surface area contributed by atoms with E-state index in [-0.39, 0.29) is 11.6 Å². The molecule has 1 aromatic rings. The van der Waals surface area contributed by atoms with E-state index in [0.29, 0.717) is 13.2 Å². The lowest BCUT2D eigenvalue weighted by molar-refractivity contribution is -0.0482. The summed E-state index contributed by atoms with van der Waals surface area (Å²) in [5, 5.41) is 13.1. The summed E-state index contributed by atoms with van der Waals surface area (Å²) in [6.07, 6.45) is 3.08. The van der Waals surface area contributed by atoms with Crippen LogP contribution in [0.25, 0.3) is 0 Å². The Morgan fingerprint density at radius 2 is 2.17 bits per heavy atom. The van der Waals surface area contributed by atoms with Crippen molar-refractivity contribution in [1.82, 2.24) is 10.3 Å². The van der Waals surface area contributed by atoms with Gasteiger partial charge in [-0.05, 0) is 39.3 Å². The van der Waals surface area contributed by atoms with Crippen molar-refractivity contribution in [3.8, 4) is 0 Å². The molecule has 0 aliphatic rings. The lowest BCUT2D eigenvalue weighted by Crippen LogP contribution is -2.34. The first-order valence-corrected chi connectivity index (χ1v) is 6.34. The van der Waals surface area contributed by atoms with E-state index in [4.69, 9.17) is 4.74 Å². The van der Waals surface area contributed by atoms with Gasteiger partial charge in [-0.15, -0.1) is 0 Å². The molecular weight excluding hydrogens is 228 g/mol. The lowest BCUT2D eigenvalue weighted by Gasteiger charge is -2.23. The summed E-state index contributed by atoms with van der Waals surface area (Å²) >= 11 is 0. The highest BCUT2D eigenvalue weighted by Gasteiger charge is 2.14. The highest BCUT2D eigenvalue weighted by molar-refractivity contribution is 5.12. The van der Waals surface area contributed by atoms with Crippen LogP contribution < -0.4 is 5.32 Å². The molecule has 1 rings (SSSR count). The summed E-state index contributed by atoms with van der Waals surface area (Å²) in [6.45, 7) is 8.83. The molecule has 0 aliphatic carbocycles. The zero-order chi connectivity index (χ0) is 13.6. The van der Waals surface area contributed by atoms with Crippen LogP contribution in [-0.2, 0) is 4.74 Å². The van der Waals surface area contributed by atoms with Gasteiger partial charge < -0.3 is 15.2 Å². The van der Waals surface area contributed by atoms with E-state index in [1.807, 2.05) is 46.0 Å². The van der Waals surface area contributed by atoms with E-state index in [1.54, 1.807) is 6.20 Å². The molecular formula is C14H24N2O2. The van der Waals surface area contributed by atoms with Crippen molar-refractivity contribution in [1.29, 1.82) is 0 Å². The van der Waals surface area contributed by atoms with E-state index in [9.17, 15) is 5.11 Å². The number of nitrogens with one attached hydrogen (secondary N) is 1. The predicted molar refractivity (Wildman–Crippen MR) is 72.4 cm³/mol. The van der Waals surface area contributed by atoms with Crippen LogP contribution in [0.5, 0.6) is 0 Å². The summed E-state index contributed by atoms with van der Waals surface area (Å²) in [6, 6.07) is 4.10. The second kappa shape index (κ2) is 6.83. The Bertz CT molecular complexity index is 335. The van der Waals surface area contributed by atoms with Crippen LogP contribution in [-0.4, -0.2) is 34.9 Å². The molecule has 0 spiro atoms. The summed E-state index contributed by atoms with van der Waals surface area (Å²) in [7, 11) is 0. The molecule has 4 heteroatoms. The SMILES string of the molecule is CC(NCC(O)COC(C)(C)C)c1cccnc1. The molecule has 0 bridgehead atoms. The van der Waals surface area contributed by atoms with E-state index < -0.39 is 6.10 Å². The van der Waals surface area contributed by atoms with E-state index in [0.717, 1.165) is 5.56 Å². The summed E-state index contributed by atoms with van der Waals surface area (Å²) in [5.41, 5.74) is 0.900. The van der Waals surface area contributed by atoms with Gasteiger partial charge in [-0.2, -0.15) is 0 Å². The molecule has 0 fully saturated rings. The zero-order valence-corrected chi connectivity index (χ0v) is 11.7. The maximum absolute atomic E-state index is 9.81. The van der Waals surface area contributed by atoms with E-state index in [2.05, 4.69) is 10.3 Å². The van der Waals surface area contributed by atoms with Gasteiger partial charge in [0.15, 0.2) is 0 Å². The molecule has 0 saturated heterocycles. The third-order valence-electron chi connectivity index (χ3n) is 2.55. The van der Waals surface area contributed by atoms with Crippen molar-refractivity contribution in [2.75, 3.05) is 13.2 Å². The minimum Gasteiger partial charge on any atom is -0.389 e. The van der Waals surface area contributed by atoms with Crippen molar-refractivity contribution < 1.29 is 9.84 Å². The second-order valence-corrected chi connectivity index (χ2v) is 5.49. The van der Waals surface area contributed by atoms with Crippen LogP contribution in [0.3, 0.4) is 0 Å². The van der Waals surface area contributed by atoms with Crippen LogP contribution in [0.4, 0.5) is 0 Å². The maximum atomic E-state index is 9.81. The van der Waals surface area contributed by atoms with Gasteiger partial charge in [-0.1, -0.05) is 6.07 Å². The zero-order valence-electron chi connectivity index (χ0n) is 11.7. The Morgan fingerprint density at radius 3 is 2.72 bits per heavy atom. The van der Waals surface area contributed by atoms with Crippen LogP contribution in [0.1, 0.15) is 39.3 Å². The standard InChI is InChI=1S/C14H24N2O2/c1-11(12-6-5-7-15-8-12)16-9-13(17)10-18-14(2,3)4/h5-8,11,13,16-17H,9-10H2,1-4H3. The van der Waals surface area contributed by atoms with Gasteiger partial charge in [0.05, 0.1) is 18.3 Å². The predicted octanol–water partition coefficient (Wildman–Crippen LogP) is 1.91. The number of aromatic nitrogens is 1.